The number of ether oxygens (including phenoxy) is 1. The summed E-state index contributed by atoms with van der Waals surface area (Å²) in [6.45, 7) is 2.81. The molecule has 3 rings (SSSR count). The monoisotopic (exact) mass is 295 g/mol. The highest BCUT2D eigenvalue weighted by molar-refractivity contribution is 7.13. The zero-order valence-electron chi connectivity index (χ0n) is 11.7. The molecule has 2 N–H and O–H groups in total. The molecule has 2 fully saturated rings. The molecule has 2 amide bonds. The maximum Gasteiger partial charge on any atom is 0.321 e. The molecule has 0 aromatic carbocycles. The number of urea groups is 1. The second-order valence-corrected chi connectivity index (χ2v) is 6.42. The van der Waals surface area contributed by atoms with Crippen LogP contribution in [0.3, 0.4) is 0 Å². The molecular weight excluding hydrogens is 274 g/mol. The molecular formula is C14H21N3O2S. The van der Waals surface area contributed by atoms with Gasteiger partial charge >= 0.3 is 6.03 Å². The lowest BCUT2D eigenvalue weighted by atomic mass is 10.0. The molecule has 1 aliphatic carbocycles. The third-order valence-corrected chi connectivity index (χ3v) is 4.74. The summed E-state index contributed by atoms with van der Waals surface area (Å²) in [4.78, 5) is 16.3. The minimum absolute atomic E-state index is 0.150. The van der Waals surface area contributed by atoms with Crippen LogP contribution in [0.2, 0.25) is 0 Å². The quantitative estimate of drug-likeness (QED) is 0.898. The Morgan fingerprint density at radius 1 is 1.50 bits per heavy atom. The van der Waals surface area contributed by atoms with E-state index in [2.05, 4.69) is 22.5 Å². The Hall–Kier alpha value is -1.14. The number of thiazole rings is 1. The number of amides is 2. The van der Waals surface area contributed by atoms with Crippen LogP contribution in [0.1, 0.15) is 38.3 Å². The van der Waals surface area contributed by atoms with E-state index < -0.39 is 0 Å². The maximum atomic E-state index is 12.0. The first-order valence-electron chi connectivity index (χ1n) is 7.38. The molecule has 1 aromatic rings. The summed E-state index contributed by atoms with van der Waals surface area (Å²) in [6, 6.07) is 0.0726. The molecule has 5 nitrogen and oxygen atoms in total. The summed E-state index contributed by atoms with van der Waals surface area (Å²) >= 11 is 1.47. The van der Waals surface area contributed by atoms with Gasteiger partial charge in [-0.15, -0.1) is 11.3 Å². The van der Waals surface area contributed by atoms with Crippen LogP contribution < -0.4 is 10.6 Å². The molecule has 6 heteroatoms. The molecule has 1 aromatic heterocycles. The topological polar surface area (TPSA) is 63.2 Å². The lowest BCUT2D eigenvalue weighted by Gasteiger charge is -2.30. The molecule has 1 saturated carbocycles. The van der Waals surface area contributed by atoms with Crippen LogP contribution in [0.25, 0.3) is 0 Å². The fraction of sp³-hybridized carbons (Fsp3) is 0.714. The van der Waals surface area contributed by atoms with E-state index in [1.165, 1.54) is 24.2 Å². The number of anilines is 1. The maximum absolute atomic E-state index is 12.0. The van der Waals surface area contributed by atoms with Crippen LogP contribution >= 0.6 is 11.3 Å². The Bertz CT molecular complexity index is 473. The van der Waals surface area contributed by atoms with Gasteiger partial charge in [0.1, 0.15) is 0 Å². The first-order valence-corrected chi connectivity index (χ1v) is 8.26. The normalized spacial score (nSPS) is 26.2. The standard InChI is InChI=1S/C14H21N3O2S/c1-2-10-8-20-14(16-10)17-13(18)15-11-5-6-19-12(7-11)9-3-4-9/h8-9,11-12H,2-7H2,1H3,(H2,15,16,17,18). The van der Waals surface area contributed by atoms with E-state index in [1.54, 1.807) is 0 Å². The molecule has 1 saturated heterocycles. The number of carbonyl (C=O) groups is 1. The van der Waals surface area contributed by atoms with Gasteiger partial charge in [-0.1, -0.05) is 6.92 Å². The lowest BCUT2D eigenvalue weighted by Crippen LogP contribution is -2.44. The highest BCUT2D eigenvalue weighted by Crippen LogP contribution is 2.38. The van der Waals surface area contributed by atoms with Crippen molar-refractivity contribution in [3.8, 4) is 0 Å². The largest absolute Gasteiger partial charge is 0.378 e. The molecule has 2 atom stereocenters. The first kappa shape index (κ1) is 13.8. The number of nitrogens with one attached hydrogen (secondary N) is 2. The number of hydrogen-bond acceptors (Lipinski definition) is 4. The van der Waals surface area contributed by atoms with Crippen LogP contribution in [-0.4, -0.2) is 29.8 Å². The Morgan fingerprint density at radius 3 is 3.05 bits per heavy atom. The summed E-state index contributed by atoms with van der Waals surface area (Å²) in [6.07, 6.45) is 5.64. The van der Waals surface area contributed by atoms with E-state index in [0.717, 1.165) is 37.5 Å². The third-order valence-electron chi connectivity index (χ3n) is 3.93. The van der Waals surface area contributed by atoms with Crippen molar-refractivity contribution in [3.63, 3.8) is 0 Å². The summed E-state index contributed by atoms with van der Waals surface area (Å²) < 4.78 is 5.77. The molecule has 0 spiro atoms. The molecule has 2 aliphatic rings. The van der Waals surface area contributed by atoms with Gasteiger partial charge in [-0.25, -0.2) is 9.78 Å². The van der Waals surface area contributed by atoms with Crippen molar-refractivity contribution in [1.29, 1.82) is 0 Å². The number of hydrogen-bond donors (Lipinski definition) is 2. The van der Waals surface area contributed by atoms with Gasteiger partial charge in [-0.05, 0) is 38.0 Å². The summed E-state index contributed by atoms with van der Waals surface area (Å²) in [5.74, 6) is 0.730. The van der Waals surface area contributed by atoms with Crippen molar-refractivity contribution in [2.24, 2.45) is 5.92 Å². The van der Waals surface area contributed by atoms with Gasteiger partial charge in [0.25, 0.3) is 0 Å². The van der Waals surface area contributed by atoms with Crippen LogP contribution in [0.4, 0.5) is 9.93 Å². The highest BCUT2D eigenvalue weighted by Gasteiger charge is 2.36. The molecule has 1 aliphatic heterocycles. The Balaban J connectivity index is 1.47. The molecule has 2 heterocycles. The average Bonchev–Trinajstić information content (AvgIpc) is 3.20. The second-order valence-electron chi connectivity index (χ2n) is 5.56. The van der Waals surface area contributed by atoms with Crippen LogP contribution in [0, 0.1) is 5.92 Å². The molecule has 0 bridgehead atoms. The summed E-state index contributed by atoms with van der Waals surface area (Å²) in [5, 5.41) is 8.51. The van der Waals surface area contributed by atoms with Crippen molar-refractivity contribution in [3.05, 3.63) is 11.1 Å². The fourth-order valence-corrected chi connectivity index (χ4v) is 3.39. The molecule has 20 heavy (non-hydrogen) atoms. The van der Waals surface area contributed by atoms with E-state index in [4.69, 9.17) is 4.74 Å². The predicted molar refractivity (Wildman–Crippen MR) is 79.1 cm³/mol. The minimum atomic E-state index is -0.150. The van der Waals surface area contributed by atoms with E-state index in [9.17, 15) is 4.79 Å². The van der Waals surface area contributed by atoms with Crippen LogP contribution in [0.15, 0.2) is 5.38 Å². The van der Waals surface area contributed by atoms with Gasteiger partial charge < -0.3 is 10.1 Å². The minimum Gasteiger partial charge on any atom is -0.378 e. The lowest BCUT2D eigenvalue weighted by molar-refractivity contribution is -0.00889. The fourth-order valence-electron chi connectivity index (χ4n) is 2.60. The summed E-state index contributed by atoms with van der Waals surface area (Å²) in [7, 11) is 0. The van der Waals surface area contributed by atoms with Gasteiger partial charge in [-0.2, -0.15) is 0 Å². The van der Waals surface area contributed by atoms with Crippen molar-refractivity contribution in [2.45, 2.75) is 51.2 Å². The van der Waals surface area contributed by atoms with Crippen molar-refractivity contribution in [2.75, 3.05) is 11.9 Å². The Morgan fingerprint density at radius 2 is 2.35 bits per heavy atom. The second kappa shape index (κ2) is 6.10. The number of nitrogens with zero attached hydrogens (tertiary/aromatic N) is 1. The highest BCUT2D eigenvalue weighted by atomic mass is 32.1. The van der Waals surface area contributed by atoms with Crippen molar-refractivity contribution >= 4 is 22.5 Å². The molecule has 2 unspecified atom stereocenters. The van der Waals surface area contributed by atoms with Crippen molar-refractivity contribution in [1.82, 2.24) is 10.3 Å². The van der Waals surface area contributed by atoms with Gasteiger partial charge in [0.15, 0.2) is 5.13 Å². The zero-order valence-corrected chi connectivity index (χ0v) is 12.5. The van der Waals surface area contributed by atoms with E-state index in [0.29, 0.717) is 11.2 Å². The predicted octanol–water partition coefficient (Wildman–Crippen LogP) is 2.78. The van der Waals surface area contributed by atoms with Crippen LogP contribution in [0.5, 0.6) is 0 Å². The molecule has 110 valence electrons. The van der Waals surface area contributed by atoms with Gasteiger partial charge in [0.2, 0.25) is 0 Å². The van der Waals surface area contributed by atoms with Gasteiger partial charge in [-0.3, -0.25) is 5.32 Å². The smallest absolute Gasteiger partial charge is 0.321 e. The Kier molecular flexibility index (Phi) is 4.21. The number of rotatable bonds is 4. The number of aromatic nitrogens is 1. The number of carbonyl (C=O) groups excluding carboxylic acids is 1. The van der Waals surface area contributed by atoms with E-state index in [-0.39, 0.29) is 12.1 Å². The third kappa shape index (κ3) is 3.49. The first-order chi connectivity index (χ1) is 9.74. The molecule has 0 radical (unpaired) electrons. The zero-order chi connectivity index (χ0) is 13.9. The van der Waals surface area contributed by atoms with E-state index in [1.807, 2.05) is 5.38 Å². The number of aryl methyl sites for hydroxylation is 1. The van der Waals surface area contributed by atoms with Gasteiger partial charge in [0, 0.05) is 18.0 Å². The average molecular weight is 295 g/mol. The SMILES string of the molecule is CCc1csc(NC(=O)NC2CCOC(C3CC3)C2)n1. The van der Waals surface area contributed by atoms with E-state index >= 15 is 0 Å². The summed E-state index contributed by atoms with van der Waals surface area (Å²) in [5.41, 5.74) is 1.02. The van der Waals surface area contributed by atoms with Gasteiger partial charge in [0.05, 0.1) is 11.8 Å². The van der Waals surface area contributed by atoms with Crippen LogP contribution in [-0.2, 0) is 11.2 Å². The Labute approximate surface area is 123 Å². The van der Waals surface area contributed by atoms with Crippen molar-refractivity contribution < 1.29 is 9.53 Å².